The molecule has 4 heteroatoms. The molecule has 0 N–H and O–H groups in total. The Labute approximate surface area is 237 Å². The highest BCUT2D eigenvalue weighted by atomic mass is 16.7. The van der Waals surface area contributed by atoms with Gasteiger partial charge in [0.25, 0.3) is 0 Å². The van der Waals surface area contributed by atoms with E-state index in [4.69, 9.17) is 9.47 Å². The van der Waals surface area contributed by atoms with Crippen molar-refractivity contribution in [3.8, 4) is 0 Å². The van der Waals surface area contributed by atoms with Crippen LogP contribution in [-0.2, 0) is 19.1 Å². The van der Waals surface area contributed by atoms with E-state index in [-0.39, 0.29) is 11.9 Å². The number of esters is 2. The van der Waals surface area contributed by atoms with Crippen molar-refractivity contribution in [2.45, 2.75) is 207 Å². The summed E-state index contributed by atoms with van der Waals surface area (Å²) in [5.74, 6) is -0.435. The maximum atomic E-state index is 12.4. The van der Waals surface area contributed by atoms with Gasteiger partial charge in [-0.1, -0.05) is 162 Å². The van der Waals surface area contributed by atoms with E-state index in [1.165, 1.54) is 116 Å². The molecule has 0 amide bonds. The molecule has 0 heterocycles. The van der Waals surface area contributed by atoms with Crippen LogP contribution in [-0.4, -0.2) is 18.2 Å². The summed E-state index contributed by atoms with van der Waals surface area (Å²) in [7, 11) is 0. The van der Waals surface area contributed by atoms with E-state index in [2.05, 4.69) is 20.8 Å². The van der Waals surface area contributed by atoms with Crippen LogP contribution in [0.5, 0.6) is 0 Å². The summed E-state index contributed by atoms with van der Waals surface area (Å²) >= 11 is 0. The predicted octanol–water partition coefficient (Wildman–Crippen LogP) is 11.4. The maximum Gasteiger partial charge on any atom is 0.308 e. The second kappa shape index (κ2) is 30.5. The van der Waals surface area contributed by atoms with Crippen molar-refractivity contribution in [3.63, 3.8) is 0 Å². The van der Waals surface area contributed by atoms with Gasteiger partial charge in [-0.15, -0.1) is 0 Å². The molecule has 0 aromatic heterocycles. The van der Waals surface area contributed by atoms with Gasteiger partial charge in [0.1, 0.15) is 0 Å². The summed E-state index contributed by atoms with van der Waals surface area (Å²) in [5.41, 5.74) is 0. The molecule has 0 bridgehead atoms. The SMILES string of the molecule is CCCCCCCCCCCCCC(=O)OC(CCCCC)OC(=O)CCCCCCCCCCCCC. The van der Waals surface area contributed by atoms with Crippen molar-refractivity contribution in [3.05, 3.63) is 0 Å². The average molecular weight is 539 g/mol. The number of carbonyl (C=O) groups is 2. The standard InChI is InChI=1S/C34H66O4/c1-4-7-10-12-14-16-18-20-22-24-27-29-32(35)37-34(31-26-9-6-3)38-33(36)30-28-25-23-21-19-17-15-13-11-8-5-2/h34H,4-31H2,1-3H3. The molecule has 226 valence electrons. The smallest absolute Gasteiger partial charge is 0.308 e. The van der Waals surface area contributed by atoms with E-state index in [0.29, 0.717) is 19.3 Å². The average Bonchev–Trinajstić information content (AvgIpc) is 2.90. The van der Waals surface area contributed by atoms with Crippen molar-refractivity contribution in [2.75, 3.05) is 0 Å². The lowest BCUT2D eigenvalue weighted by molar-refractivity contribution is -0.189. The van der Waals surface area contributed by atoms with Gasteiger partial charge in [0.05, 0.1) is 0 Å². The zero-order valence-corrected chi connectivity index (χ0v) is 26.0. The molecule has 0 aliphatic rings. The largest absolute Gasteiger partial charge is 0.425 e. The minimum atomic E-state index is -0.707. The Hall–Kier alpha value is -1.06. The Morgan fingerprint density at radius 2 is 0.658 bits per heavy atom. The first-order chi connectivity index (χ1) is 18.6. The second-order valence-electron chi connectivity index (χ2n) is 11.5. The van der Waals surface area contributed by atoms with Crippen molar-refractivity contribution in [1.82, 2.24) is 0 Å². The Morgan fingerprint density at radius 1 is 0.395 bits per heavy atom. The molecule has 0 rings (SSSR count). The summed E-state index contributed by atoms with van der Waals surface area (Å²) in [4.78, 5) is 24.7. The highest BCUT2D eigenvalue weighted by Crippen LogP contribution is 2.16. The molecule has 0 saturated carbocycles. The number of ether oxygens (including phenoxy) is 2. The lowest BCUT2D eigenvalue weighted by Crippen LogP contribution is -2.24. The molecule has 0 aliphatic heterocycles. The van der Waals surface area contributed by atoms with Gasteiger partial charge < -0.3 is 9.47 Å². The molecule has 0 unspecified atom stereocenters. The fraction of sp³-hybridized carbons (Fsp3) is 0.941. The van der Waals surface area contributed by atoms with Crippen molar-refractivity contribution in [1.29, 1.82) is 0 Å². The van der Waals surface area contributed by atoms with Crippen LogP contribution in [0.25, 0.3) is 0 Å². The van der Waals surface area contributed by atoms with Gasteiger partial charge in [-0.3, -0.25) is 9.59 Å². The third kappa shape index (κ3) is 28.0. The Kier molecular flexibility index (Phi) is 29.6. The summed E-state index contributed by atoms with van der Waals surface area (Å²) in [5, 5.41) is 0. The monoisotopic (exact) mass is 538 g/mol. The number of hydrogen-bond acceptors (Lipinski definition) is 4. The lowest BCUT2D eigenvalue weighted by atomic mass is 10.1. The third-order valence-electron chi connectivity index (χ3n) is 7.54. The van der Waals surface area contributed by atoms with Crippen LogP contribution in [0.3, 0.4) is 0 Å². The molecule has 0 saturated heterocycles. The highest BCUT2D eigenvalue weighted by Gasteiger charge is 2.18. The van der Waals surface area contributed by atoms with E-state index in [1.54, 1.807) is 0 Å². The first-order valence-corrected chi connectivity index (χ1v) is 17.0. The molecular weight excluding hydrogens is 472 g/mol. The topological polar surface area (TPSA) is 52.6 Å². The first-order valence-electron chi connectivity index (χ1n) is 17.0. The van der Waals surface area contributed by atoms with Crippen LogP contribution in [0, 0.1) is 0 Å². The van der Waals surface area contributed by atoms with E-state index in [1.807, 2.05) is 0 Å². The zero-order chi connectivity index (χ0) is 27.9. The van der Waals surface area contributed by atoms with E-state index in [0.717, 1.165) is 44.9 Å². The quantitative estimate of drug-likeness (QED) is 0.0518. The lowest BCUT2D eigenvalue weighted by Gasteiger charge is -2.18. The number of unbranched alkanes of at least 4 members (excludes halogenated alkanes) is 22. The van der Waals surface area contributed by atoms with Crippen LogP contribution >= 0.6 is 0 Å². The summed E-state index contributed by atoms with van der Waals surface area (Å²) < 4.78 is 11.2. The maximum absolute atomic E-state index is 12.4. The number of carbonyl (C=O) groups excluding carboxylic acids is 2. The van der Waals surface area contributed by atoms with Gasteiger partial charge in [0, 0.05) is 19.3 Å². The normalized spacial score (nSPS) is 11.3. The van der Waals surface area contributed by atoms with Crippen molar-refractivity contribution >= 4 is 11.9 Å². The van der Waals surface area contributed by atoms with Gasteiger partial charge in [-0.25, -0.2) is 0 Å². The zero-order valence-electron chi connectivity index (χ0n) is 26.0. The fourth-order valence-electron chi connectivity index (χ4n) is 4.98. The van der Waals surface area contributed by atoms with Crippen molar-refractivity contribution in [2.24, 2.45) is 0 Å². The summed E-state index contributed by atoms with van der Waals surface area (Å²) in [6, 6.07) is 0. The molecule has 0 atom stereocenters. The van der Waals surface area contributed by atoms with E-state index < -0.39 is 6.29 Å². The van der Waals surface area contributed by atoms with Crippen molar-refractivity contribution < 1.29 is 19.1 Å². The molecule has 38 heavy (non-hydrogen) atoms. The second-order valence-corrected chi connectivity index (χ2v) is 11.5. The van der Waals surface area contributed by atoms with Gasteiger partial charge >= 0.3 is 11.9 Å². The molecule has 0 radical (unpaired) electrons. The number of hydrogen-bond donors (Lipinski definition) is 0. The van der Waals surface area contributed by atoms with E-state index in [9.17, 15) is 9.59 Å². The molecule has 0 aromatic carbocycles. The van der Waals surface area contributed by atoms with Gasteiger partial charge in [-0.05, 0) is 19.3 Å². The van der Waals surface area contributed by atoms with Gasteiger partial charge in [0.2, 0.25) is 6.29 Å². The highest BCUT2D eigenvalue weighted by molar-refractivity contribution is 5.71. The molecule has 0 fully saturated rings. The third-order valence-corrected chi connectivity index (χ3v) is 7.54. The number of rotatable bonds is 30. The fourth-order valence-corrected chi connectivity index (χ4v) is 4.98. The first kappa shape index (κ1) is 36.9. The minimum absolute atomic E-state index is 0.218. The summed E-state index contributed by atoms with van der Waals surface area (Å²) in [6.07, 6.45) is 31.5. The molecule has 0 aromatic rings. The van der Waals surface area contributed by atoms with Gasteiger partial charge in [0.15, 0.2) is 0 Å². The Morgan fingerprint density at radius 3 is 0.974 bits per heavy atom. The van der Waals surface area contributed by atoms with Crippen LogP contribution in [0.1, 0.15) is 201 Å². The summed E-state index contributed by atoms with van der Waals surface area (Å²) in [6.45, 7) is 6.66. The predicted molar refractivity (Wildman–Crippen MR) is 162 cm³/mol. The molecular formula is C34H66O4. The van der Waals surface area contributed by atoms with Crippen LogP contribution < -0.4 is 0 Å². The Bertz CT molecular complexity index is 465. The van der Waals surface area contributed by atoms with Crippen LogP contribution in [0.2, 0.25) is 0 Å². The molecule has 0 aliphatic carbocycles. The molecule has 0 spiro atoms. The minimum Gasteiger partial charge on any atom is -0.425 e. The Balaban J connectivity index is 3.90. The molecule has 4 nitrogen and oxygen atoms in total. The van der Waals surface area contributed by atoms with Gasteiger partial charge in [-0.2, -0.15) is 0 Å². The van der Waals surface area contributed by atoms with Crippen LogP contribution in [0.15, 0.2) is 0 Å². The van der Waals surface area contributed by atoms with E-state index >= 15 is 0 Å². The van der Waals surface area contributed by atoms with Crippen LogP contribution in [0.4, 0.5) is 0 Å².